The summed E-state index contributed by atoms with van der Waals surface area (Å²) in [6, 6.07) is 7.42. The van der Waals surface area contributed by atoms with Crippen LogP contribution in [0.2, 0.25) is 0 Å². The van der Waals surface area contributed by atoms with E-state index in [0.29, 0.717) is 11.5 Å². The zero-order valence-corrected chi connectivity index (χ0v) is 11.0. The van der Waals surface area contributed by atoms with E-state index in [1.165, 1.54) is 12.7 Å². The van der Waals surface area contributed by atoms with Crippen molar-refractivity contribution in [3.8, 4) is 0 Å². The molecule has 0 bridgehead atoms. The fourth-order valence-corrected chi connectivity index (χ4v) is 2.34. The first kappa shape index (κ1) is 14.1. The lowest BCUT2D eigenvalue weighted by Gasteiger charge is -2.07. The van der Waals surface area contributed by atoms with Gasteiger partial charge in [-0.3, -0.25) is 0 Å². The van der Waals surface area contributed by atoms with Gasteiger partial charge in [-0.05, 0) is 29.4 Å². The van der Waals surface area contributed by atoms with Gasteiger partial charge in [-0.25, -0.2) is 4.79 Å². The van der Waals surface area contributed by atoms with E-state index in [2.05, 4.69) is 4.74 Å². The molecule has 94 valence electrons. The zero-order valence-electron chi connectivity index (χ0n) is 10.2. The molecule has 0 spiro atoms. The van der Waals surface area contributed by atoms with Gasteiger partial charge >= 0.3 is 5.97 Å². The first-order valence-electron chi connectivity index (χ1n) is 5.53. The number of rotatable bonds is 6. The maximum atomic E-state index is 11.2. The molecule has 0 aromatic heterocycles. The Kier molecular flexibility index (Phi) is 6.08. The highest BCUT2D eigenvalue weighted by Crippen LogP contribution is 2.16. The van der Waals surface area contributed by atoms with Crippen molar-refractivity contribution >= 4 is 17.7 Å². The van der Waals surface area contributed by atoms with Crippen LogP contribution in [0.5, 0.6) is 0 Å². The summed E-state index contributed by atoms with van der Waals surface area (Å²) in [6.45, 7) is 2.25. The molecule has 1 rings (SSSR count). The van der Waals surface area contributed by atoms with E-state index < -0.39 is 0 Å². The van der Waals surface area contributed by atoms with Crippen molar-refractivity contribution < 1.29 is 14.6 Å². The Bertz CT molecular complexity index is 348. The Hall–Kier alpha value is -1.00. The number of carbonyl (C=O) groups is 1. The van der Waals surface area contributed by atoms with Crippen molar-refractivity contribution in [1.82, 2.24) is 0 Å². The molecule has 1 aromatic carbocycles. The van der Waals surface area contributed by atoms with Gasteiger partial charge in [-0.2, -0.15) is 11.8 Å². The average Bonchev–Trinajstić information content (AvgIpc) is 2.38. The van der Waals surface area contributed by atoms with E-state index >= 15 is 0 Å². The maximum Gasteiger partial charge on any atom is 0.337 e. The summed E-state index contributed by atoms with van der Waals surface area (Å²) in [6.07, 6.45) is 0. The van der Waals surface area contributed by atoms with Crippen LogP contribution in [0.1, 0.15) is 22.8 Å². The molecule has 0 heterocycles. The SMILES string of the molecule is COC(=O)c1ccc(CSCC(C)CO)cc1. The first-order chi connectivity index (χ1) is 8.17. The highest BCUT2D eigenvalue weighted by Gasteiger charge is 2.05. The van der Waals surface area contributed by atoms with Gasteiger partial charge in [-0.15, -0.1) is 0 Å². The van der Waals surface area contributed by atoms with Gasteiger partial charge in [0.25, 0.3) is 0 Å². The van der Waals surface area contributed by atoms with Crippen LogP contribution < -0.4 is 0 Å². The first-order valence-corrected chi connectivity index (χ1v) is 6.68. The number of thioether (sulfide) groups is 1. The molecule has 3 nitrogen and oxygen atoms in total. The molecule has 0 aliphatic rings. The lowest BCUT2D eigenvalue weighted by Crippen LogP contribution is -2.03. The largest absolute Gasteiger partial charge is 0.465 e. The Morgan fingerprint density at radius 1 is 1.41 bits per heavy atom. The highest BCUT2D eigenvalue weighted by molar-refractivity contribution is 7.98. The second-order valence-electron chi connectivity index (χ2n) is 3.99. The monoisotopic (exact) mass is 254 g/mol. The second-order valence-corrected chi connectivity index (χ2v) is 5.02. The molecule has 1 unspecified atom stereocenters. The van der Waals surface area contributed by atoms with Gasteiger partial charge in [0.15, 0.2) is 0 Å². The molecule has 1 aromatic rings. The van der Waals surface area contributed by atoms with Crippen LogP contribution >= 0.6 is 11.8 Å². The maximum absolute atomic E-state index is 11.2. The molecular weight excluding hydrogens is 236 g/mol. The smallest absolute Gasteiger partial charge is 0.337 e. The minimum Gasteiger partial charge on any atom is -0.465 e. The Morgan fingerprint density at radius 2 is 2.06 bits per heavy atom. The quantitative estimate of drug-likeness (QED) is 0.791. The molecule has 4 heteroatoms. The lowest BCUT2D eigenvalue weighted by molar-refractivity contribution is 0.0600. The minimum absolute atomic E-state index is 0.230. The number of esters is 1. The van der Waals surface area contributed by atoms with E-state index in [1.807, 2.05) is 19.1 Å². The summed E-state index contributed by atoms with van der Waals surface area (Å²) < 4.78 is 4.63. The standard InChI is InChI=1S/C13H18O3S/c1-10(7-14)8-17-9-11-3-5-12(6-4-11)13(15)16-2/h3-6,10,14H,7-9H2,1-2H3. The highest BCUT2D eigenvalue weighted by atomic mass is 32.2. The van der Waals surface area contributed by atoms with E-state index in [0.717, 1.165) is 11.5 Å². The van der Waals surface area contributed by atoms with Gasteiger partial charge < -0.3 is 9.84 Å². The van der Waals surface area contributed by atoms with Crippen LogP contribution in [0.25, 0.3) is 0 Å². The molecule has 17 heavy (non-hydrogen) atoms. The fraction of sp³-hybridized carbons (Fsp3) is 0.462. The second kappa shape index (κ2) is 7.35. The number of methoxy groups -OCH3 is 1. The van der Waals surface area contributed by atoms with E-state index in [9.17, 15) is 4.79 Å². The van der Waals surface area contributed by atoms with Crippen molar-refractivity contribution in [2.75, 3.05) is 19.5 Å². The summed E-state index contributed by atoms with van der Waals surface area (Å²) in [5, 5.41) is 8.89. The molecule has 0 radical (unpaired) electrons. The van der Waals surface area contributed by atoms with E-state index in [-0.39, 0.29) is 12.6 Å². The summed E-state index contributed by atoms with van der Waals surface area (Å²) in [5.74, 6) is 1.86. The van der Waals surface area contributed by atoms with Gasteiger partial charge in [0.2, 0.25) is 0 Å². The molecule has 0 aliphatic carbocycles. The zero-order chi connectivity index (χ0) is 12.7. The lowest BCUT2D eigenvalue weighted by atomic mass is 10.1. The van der Waals surface area contributed by atoms with Crippen molar-refractivity contribution in [3.63, 3.8) is 0 Å². The molecule has 1 N–H and O–H groups in total. The fourth-order valence-electron chi connectivity index (χ4n) is 1.29. The Balaban J connectivity index is 2.43. The average molecular weight is 254 g/mol. The predicted octanol–water partition coefficient (Wildman–Crippen LogP) is 2.33. The molecular formula is C13H18O3S. The van der Waals surface area contributed by atoms with Gasteiger partial charge in [-0.1, -0.05) is 19.1 Å². The molecule has 0 saturated carbocycles. The number of hydrogen-bond acceptors (Lipinski definition) is 4. The van der Waals surface area contributed by atoms with Crippen LogP contribution in [-0.4, -0.2) is 30.5 Å². The molecule has 0 aliphatic heterocycles. The van der Waals surface area contributed by atoms with Crippen molar-refractivity contribution in [2.45, 2.75) is 12.7 Å². The molecule has 1 atom stereocenters. The number of hydrogen-bond donors (Lipinski definition) is 1. The number of carbonyl (C=O) groups excluding carboxylic acids is 1. The van der Waals surface area contributed by atoms with Gasteiger partial charge in [0.1, 0.15) is 0 Å². The van der Waals surface area contributed by atoms with Gasteiger partial charge in [0.05, 0.1) is 12.7 Å². The normalized spacial score (nSPS) is 12.2. The topological polar surface area (TPSA) is 46.5 Å². The summed E-state index contributed by atoms with van der Waals surface area (Å²) in [4.78, 5) is 11.2. The van der Waals surface area contributed by atoms with Crippen molar-refractivity contribution in [1.29, 1.82) is 0 Å². The summed E-state index contributed by atoms with van der Waals surface area (Å²) >= 11 is 1.78. The number of aliphatic hydroxyl groups excluding tert-OH is 1. The van der Waals surface area contributed by atoms with Crippen LogP contribution in [0, 0.1) is 5.92 Å². The molecule has 0 saturated heterocycles. The number of ether oxygens (including phenoxy) is 1. The molecule has 0 fully saturated rings. The van der Waals surface area contributed by atoms with Crippen LogP contribution in [0.3, 0.4) is 0 Å². The Labute approximate surface area is 106 Å². The summed E-state index contributed by atoms with van der Waals surface area (Å²) in [5.41, 5.74) is 1.75. The Morgan fingerprint density at radius 3 is 2.59 bits per heavy atom. The van der Waals surface area contributed by atoms with E-state index in [4.69, 9.17) is 5.11 Å². The molecule has 0 amide bonds. The van der Waals surface area contributed by atoms with E-state index in [1.54, 1.807) is 23.9 Å². The minimum atomic E-state index is -0.307. The third-order valence-electron chi connectivity index (χ3n) is 2.36. The number of aliphatic hydroxyl groups is 1. The predicted molar refractivity (Wildman–Crippen MR) is 70.2 cm³/mol. The third-order valence-corrected chi connectivity index (χ3v) is 3.70. The van der Waals surface area contributed by atoms with Gasteiger partial charge in [0, 0.05) is 12.4 Å². The van der Waals surface area contributed by atoms with Crippen LogP contribution in [0.4, 0.5) is 0 Å². The van der Waals surface area contributed by atoms with Crippen LogP contribution in [0.15, 0.2) is 24.3 Å². The third kappa shape index (κ3) is 4.79. The van der Waals surface area contributed by atoms with Crippen LogP contribution in [-0.2, 0) is 10.5 Å². The van der Waals surface area contributed by atoms with Crippen molar-refractivity contribution in [2.24, 2.45) is 5.92 Å². The van der Waals surface area contributed by atoms with Crippen molar-refractivity contribution in [3.05, 3.63) is 35.4 Å². The number of benzene rings is 1. The summed E-state index contributed by atoms with van der Waals surface area (Å²) in [7, 11) is 1.38.